The number of morpholine rings is 1. The average molecular weight is 345 g/mol. The maximum atomic E-state index is 13.4. The Balaban J connectivity index is 1.58. The third-order valence-corrected chi connectivity index (χ3v) is 3.99. The predicted octanol–water partition coefficient (Wildman–Crippen LogP) is 2.51. The molecule has 1 N–H and O–H groups in total. The molecule has 0 aliphatic carbocycles. The van der Waals surface area contributed by atoms with Gasteiger partial charge in [-0.25, -0.2) is 14.2 Å². The Labute approximate surface area is 145 Å². The van der Waals surface area contributed by atoms with E-state index in [0.29, 0.717) is 37.8 Å². The van der Waals surface area contributed by atoms with Crippen molar-refractivity contribution in [2.24, 2.45) is 0 Å². The number of carbonyl (C=O) groups excluding carboxylic acids is 1. The normalized spacial score (nSPS) is 17.2. The minimum atomic E-state index is -0.329. The van der Waals surface area contributed by atoms with Crippen LogP contribution >= 0.6 is 0 Å². The maximum Gasteiger partial charge on any atom is 0.317 e. The number of aromatic nitrogens is 1. The minimum absolute atomic E-state index is 0.200. The van der Waals surface area contributed by atoms with Crippen molar-refractivity contribution in [1.29, 1.82) is 0 Å². The molecule has 3 rings (SSSR count). The lowest BCUT2D eigenvalue weighted by Crippen LogP contribution is -2.47. The number of amides is 2. The van der Waals surface area contributed by atoms with Gasteiger partial charge >= 0.3 is 6.03 Å². The molecule has 0 radical (unpaired) electrons. The lowest BCUT2D eigenvalue weighted by atomic mass is 10.1. The Morgan fingerprint density at radius 2 is 2.24 bits per heavy atom. The molecule has 1 aromatic heterocycles. The van der Waals surface area contributed by atoms with Gasteiger partial charge in [0.05, 0.1) is 32.5 Å². The van der Waals surface area contributed by atoms with Crippen LogP contribution in [0.3, 0.4) is 0 Å². The number of urea groups is 1. The first-order valence-corrected chi connectivity index (χ1v) is 8.05. The summed E-state index contributed by atoms with van der Waals surface area (Å²) in [6, 6.07) is 11.5. The number of rotatable bonds is 4. The summed E-state index contributed by atoms with van der Waals surface area (Å²) in [6.07, 6.45) is -0.329. The molecule has 1 saturated heterocycles. The fourth-order valence-corrected chi connectivity index (χ4v) is 2.69. The van der Waals surface area contributed by atoms with Crippen molar-refractivity contribution in [3.05, 3.63) is 59.5 Å². The van der Waals surface area contributed by atoms with Crippen molar-refractivity contribution in [3.8, 4) is 5.88 Å². The SMILES string of the molecule is COc1cccc(CNC(=O)N2CCOC(c3cccc(F)c3)C2)n1. The molecule has 0 spiro atoms. The van der Waals surface area contributed by atoms with Crippen LogP contribution in [0, 0.1) is 5.82 Å². The van der Waals surface area contributed by atoms with Crippen LogP contribution in [0.1, 0.15) is 17.4 Å². The van der Waals surface area contributed by atoms with Crippen molar-refractivity contribution in [2.75, 3.05) is 26.8 Å². The first-order valence-electron chi connectivity index (χ1n) is 8.05. The third kappa shape index (κ3) is 4.45. The number of halogens is 1. The first-order chi connectivity index (χ1) is 12.2. The van der Waals surface area contributed by atoms with Crippen molar-refractivity contribution in [1.82, 2.24) is 15.2 Å². The Kier molecular flexibility index (Phi) is 5.45. The quantitative estimate of drug-likeness (QED) is 0.925. The van der Waals surface area contributed by atoms with E-state index in [1.54, 1.807) is 30.2 Å². The van der Waals surface area contributed by atoms with Gasteiger partial charge in [0.1, 0.15) is 11.9 Å². The van der Waals surface area contributed by atoms with Gasteiger partial charge in [-0.2, -0.15) is 0 Å². The van der Waals surface area contributed by atoms with Gasteiger partial charge in [-0.15, -0.1) is 0 Å². The molecule has 1 aliphatic heterocycles. The summed E-state index contributed by atoms with van der Waals surface area (Å²) in [6.45, 7) is 1.58. The Morgan fingerprint density at radius 3 is 3.04 bits per heavy atom. The molecule has 1 aromatic carbocycles. The lowest BCUT2D eigenvalue weighted by molar-refractivity contribution is -0.0156. The topological polar surface area (TPSA) is 63.7 Å². The van der Waals surface area contributed by atoms with Crippen LogP contribution in [-0.4, -0.2) is 42.7 Å². The molecule has 132 valence electrons. The Hall–Kier alpha value is -2.67. The highest BCUT2D eigenvalue weighted by Gasteiger charge is 2.25. The second kappa shape index (κ2) is 7.94. The van der Waals surface area contributed by atoms with Crippen LogP contribution in [0.4, 0.5) is 9.18 Å². The predicted molar refractivity (Wildman–Crippen MR) is 89.7 cm³/mol. The molecular formula is C18H20FN3O3. The number of hydrogen-bond donors (Lipinski definition) is 1. The minimum Gasteiger partial charge on any atom is -0.481 e. The highest BCUT2D eigenvalue weighted by atomic mass is 19.1. The summed E-state index contributed by atoms with van der Waals surface area (Å²) in [4.78, 5) is 18.3. The molecule has 2 aromatic rings. The van der Waals surface area contributed by atoms with E-state index in [1.165, 1.54) is 12.1 Å². The Morgan fingerprint density at radius 1 is 1.40 bits per heavy atom. The molecule has 6 nitrogen and oxygen atoms in total. The molecule has 1 atom stereocenters. The van der Waals surface area contributed by atoms with E-state index >= 15 is 0 Å². The zero-order chi connectivity index (χ0) is 17.6. The van der Waals surface area contributed by atoms with Gasteiger partial charge in [0.2, 0.25) is 5.88 Å². The summed E-state index contributed by atoms with van der Waals surface area (Å²) in [5.74, 6) is 0.191. The molecule has 1 fully saturated rings. The molecule has 1 aliphatic rings. The smallest absolute Gasteiger partial charge is 0.317 e. The van der Waals surface area contributed by atoms with Crippen molar-refractivity contribution < 1.29 is 18.7 Å². The molecule has 25 heavy (non-hydrogen) atoms. The molecule has 0 saturated carbocycles. The highest BCUT2D eigenvalue weighted by Crippen LogP contribution is 2.22. The van der Waals surface area contributed by atoms with Crippen LogP contribution in [-0.2, 0) is 11.3 Å². The number of carbonyl (C=O) groups is 1. The van der Waals surface area contributed by atoms with Gasteiger partial charge in [0.25, 0.3) is 0 Å². The van der Waals surface area contributed by atoms with E-state index in [2.05, 4.69) is 10.3 Å². The number of benzene rings is 1. The Bertz CT molecular complexity index is 741. The van der Waals surface area contributed by atoms with Gasteiger partial charge in [-0.05, 0) is 23.8 Å². The van der Waals surface area contributed by atoms with Crippen molar-refractivity contribution in [3.63, 3.8) is 0 Å². The van der Waals surface area contributed by atoms with Gasteiger partial charge < -0.3 is 19.7 Å². The number of nitrogens with zero attached hydrogens (tertiary/aromatic N) is 2. The van der Waals surface area contributed by atoms with Gasteiger partial charge in [-0.3, -0.25) is 0 Å². The monoisotopic (exact) mass is 345 g/mol. The zero-order valence-corrected chi connectivity index (χ0v) is 13.9. The molecular weight excluding hydrogens is 325 g/mol. The van der Waals surface area contributed by atoms with Gasteiger partial charge in [-0.1, -0.05) is 18.2 Å². The van der Waals surface area contributed by atoms with E-state index < -0.39 is 0 Å². The number of hydrogen-bond acceptors (Lipinski definition) is 4. The number of pyridine rings is 1. The number of methoxy groups -OCH3 is 1. The van der Waals surface area contributed by atoms with E-state index in [9.17, 15) is 9.18 Å². The molecule has 0 bridgehead atoms. The fraction of sp³-hybridized carbons (Fsp3) is 0.333. The zero-order valence-electron chi connectivity index (χ0n) is 13.9. The van der Waals surface area contributed by atoms with Crippen LogP contribution in [0.5, 0.6) is 5.88 Å². The van der Waals surface area contributed by atoms with E-state index in [4.69, 9.17) is 9.47 Å². The van der Waals surface area contributed by atoms with Crippen LogP contribution < -0.4 is 10.1 Å². The lowest BCUT2D eigenvalue weighted by Gasteiger charge is -2.33. The molecule has 2 amide bonds. The van der Waals surface area contributed by atoms with Crippen LogP contribution in [0.2, 0.25) is 0 Å². The van der Waals surface area contributed by atoms with E-state index in [-0.39, 0.29) is 18.0 Å². The summed E-state index contributed by atoms with van der Waals surface area (Å²) in [5.41, 5.74) is 1.44. The van der Waals surface area contributed by atoms with E-state index in [1.807, 2.05) is 12.1 Å². The second-order valence-electron chi connectivity index (χ2n) is 5.69. The largest absolute Gasteiger partial charge is 0.481 e. The average Bonchev–Trinajstić information content (AvgIpc) is 2.66. The summed E-state index contributed by atoms with van der Waals surface area (Å²) in [5, 5.41) is 2.84. The maximum absolute atomic E-state index is 13.4. The fourth-order valence-electron chi connectivity index (χ4n) is 2.69. The first kappa shape index (κ1) is 17.2. The van der Waals surface area contributed by atoms with Crippen molar-refractivity contribution in [2.45, 2.75) is 12.6 Å². The summed E-state index contributed by atoms with van der Waals surface area (Å²) in [7, 11) is 1.55. The molecule has 2 heterocycles. The summed E-state index contributed by atoms with van der Waals surface area (Å²) >= 11 is 0. The van der Waals surface area contributed by atoms with Crippen molar-refractivity contribution >= 4 is 6.03 Å². The third-order valence-electron chi connectivity index (χ3n) is 3.99. The van der Waals surface area contributed by atoms with E-state index in [0.717, 1.165) is 5.56 Å². The number of ether oxygens (including phenoxy) is 2. The van der Waals surface area contributed by atoms with Crippen LogP contribution in [0.15, 0.2) is 42.5 Å². The van der Waals surface area contributed by atoms with Gasteiger partial charge in [0, 0.05) is 12.6 Å². The van der Waals surface area contributed by atoms with Gasteiger partial charge in [0.15, 0.2) is 0 Å². The van der Waals surface area contributed by atoms with Crippen LogP contribution in [0.25, 0.3) is 0 Å². The standard InChI is InChI=1S/C18H20FN3O3/c1-24-17-7-3-6-15(21-17)11-20-18(23)22-8-9-25-16(12-22)13-4-2-5-14(19)10-13/h2-7,10,16H,8-9,11-12H2,1H3,(H,20,23). The summed E-state index contributed by atoms with van der Waals surface area (Å²) < 4.78 is 24.1. The highest BCUT2D eigenvalue weighted by molar-refractivity contribution is 5.74. The molecule has 1 unspecified atom stereocenters. The molecule has 7 heteroatoms. The second-order valence-corrected chi connectivity index (χ2v) is 5.69. The number of nitrogens with one attached hydrogen (secondary N) is 1.